The minimum Gasteiger partial charge on any atom is -0.334 e. The van der Waals surface area contributed by atoms with Crippen LogP contribution < -0.4 is 17.2 Å². The molecule has 0 aliphatic heterocycles. The number of rotatable bonds is 17. The number of alkyl halides is 3. The summed E-state index contributed by atoms with van der Waals surface area (Å²) in [6.07, 6.45) is 0.0356. The minimum absolute atomic E-state index is 0.00424. The maximum Gasteiger partial charge on any atom is 0.416 e. The first kappa shape index (κ1) is 34.8. The molecule has 238 valence electrons. The Morgan fingerprint density at radius 3 is 2.30 bits per heavy atom. The molecule has 11 heteroatoms. The summed E-state index contributed by atoms with van der Waals surface area (Å²) in [5, 5.41) is 0.874. The molecule has 0 saturated carbocycles. The molecule has 0 saturated heterocycles. The summed E-state index contributed by atoms with van der Waals surface area (Å²) in [5.41, 5.74) is 19.3. The molecule has 0 aliphatic carbocycles. The molecule has 0 fully saturated rings. The lowest BCUT2D eigenvalue weighted by molar-refractivity contribution is -0.920. The van der Waals surface area contributed by atoms with Crippen LogP contribution in [0.5, 0.6) is 0 Å². The van der Waals surface area contributed by atoms with Gasteiger partial charge >= 0.3 is 6.18 Å². The summed E-state index contributed by atoms with van der Waals surface area (Å²) in [7, 11) is 1.52. The van der Waals surface area contributed by atoms with Crippen LogP contribution in [-0.2, 0) is 28.6 Å². The van der Waals surface area contributed by atoms with E-state index in [2.05, 4.69) is 11.6 Å². The van der Waals surface area contributed by atoms with Crippen LogP contribution in [0.25, 0.3) is 10.9 Å². The average molecular weight is 614 g/mol. The third-order valence-corrected chi connectivity index (χ3v) is 8.11. The van der Waals surface area contributed by atoms with E-state index < -0.39 is 29.7 Å². The van der Waals surface area contributed by atoms with Crippen LogP contribution in [0.1, 0.15) is 29.5 Å². The van der Waals surface area contributed by atoms with Crippen LogP contribution in [0.3, 0.4) is 0 Å². The molecule has 6 N–H and O–H groups in total. The lowest BCUT2D eigenvalue weighted by Crippen LogP contribution is -2.54. The van der Waals surface area contributed by atoms with E-state index in [9.17, 15) is 22.8 Å². The number of hydrogen-bond acceptors (Lipinski definition) is 6. The Morgan fingerprint density at radius 2 is 1.68 bits per heavy atom. The molecule has 0 spiro atoms. The van der Waals surface area contributed by atoms with E-state index in [0.717, 1.165) is 36.1 Å². The van der Waals surface area contributed by atoms with Crippen molar-refractivity contribution < 1.29 is 27.2 Å². The van der Waals surface area contributed by atoms with Crippen molar-refractivity contribution >= 4 is 22.6 Å². The summed E-state index contributed by atoms with van der Waals surface area (Å²) in [6, 6.07) is 12.2. The first-order valence-corrected chi connectivity index (χ1v) is 14.8. The highest BCUT2D eigenvalue weighted by Gasteiger charge is 2.33. The number of carbonyl (C=O) groups excluding carboxylic acids is 2. The number of aromatic nitrogens is 1. The highest BCUT2D eigenvalue weighted by molar-refractivity contribution is 5.92. The predicted octanol–water partition coefficient (Wildman–Crippen LogP) is 3.46. The third-order valence-electron chi connectivity index (χ3n) is 8.11. The van der Waals surface area contributed by atoms with Gasteiger partial charge in [0.2, 0.25) is 5.91 Å². The number of halogens is 3. The molecule has 0 aliphatic rings. The second-order valence-electron chi connectivity index (χ2n) is 11.4. The van der Waals surface area contributed by atoms with Crippen LogP contribution in [-0.4, -0.2) is 84.5 Å². The number of nitrogens with two attached hydrogens (primary N) is 3. The fraction of sp³-hybridized carbons (Fsp3) is 0.424. The highest BCUT2D eigenvalue weighted by Crippen LogP contribution is 2.29. The number of quaternary nitrogens is 1. The van der Waals surface area contributed by atoms with E-state index in [1.54, 1.807) is 6.20 Å². The molecule has 1 aromatic heterocycles. The van der Waals surface area contributed by atoms with Gasteiger partial charge < -0.3 is 26.6 Å². The van der Waals surface area contributed by atoms with Gasteiger partial charge in [0.25, 0.3) is 0 Å². The lowest BCUT2D eigenvalue weighted by atomic mass is 9.95. The number of fused-ring (bicyclic) bond motifs is 1. The molecule has 2 aromatic carbocycles. The average Bonchev–Trinajstić information content (AvgIpc) is 2.99. The van der Waals surface area contributed by atoms with Crippen LogP contribution in [0.2, 0.25) is 0 Å². The molecule has 44 heavy (non-hydrogen) atoms. The second kappa shape index (κ2) is 15.9. The van der Waals surface area contributed by atoms with Crippen LogP contribution in [0.15, 0.2) is 73.4 Å². The fourth-order valence-corrected chi connectivity index (χ4v) is 5.67. The highest BCUT2D eigenvalue weighted by atomic mass is 19.4. The maximum absolute atomic E-state index is 13.7. The van der Waals surface area contributed by atoms with Crippen molar-refractivity contribution in [2.75, 3.05) is 46.3 Å². The Morgan fingerprint density at radius 1 is 1.02 bits per heavy atom. The molecular weight excluding hydrogens is 569 g/mol. The van der Waals surface area contributed by atoms with E-state index in [-0.39, 0.29) is 18.6 Å². The molecule has 1 amide bonds. The molecule has 0 radical (unpaired) electrons. The number of para-hydroxylation sites is 1. The van der Waals surface area contributed by atoms with Gasteiger partial charge in [0.1, 0.15) is 0 Å². The number of Topliss-reactive ketones (excluding diaryl/α,β-unsaturated/α-hetero) is 1. The zero-order valence-corrected chi connectivity index (χ0v) is 25.3. The van der Waals surface area contributed by atoms with Crippen LogP contribution in [0.4, 0.5) is 13.2 Å². The van der Waals surface area contributed by atoms with Gasteiger partial charge in [-0.1, -0.05) is 36.9 Å². The van der Waals surface area contributed by atoms with Crippen molar-refractivity contribution in [3.8, 4) is 0 Å². The Hall–Kier alpha value is -3.64. The van der Waals surface area contributed by atoms with Gasteiger partial charge in [-0.2, -0.15) is 13.2 Å². The summed E-state index contributed by atoms with van der Waals surface area (Å²) in [4.78, 5) is 33.0. The van der Waals surface area contributed by atoms with Gasteiger partial charge in [-0.3, -0.25) is 14.6 Å². The van der Waals surface area contributed by atoms with Gasteiger partial charge in [-0.15, -0.1) is 0 Å². The third kappa shape index (κ3) is 9.43. The molecule has 2 atom stereocenters. The van der Waals surface area contributed by atoms with Crippen molar-refractivity contribution in [1.29, 1.82) is 0 Å². The number of amides is 1. The number of hydrogen-bond donors (Lipinski definition) is 3. The zero-order valence-electron chi connectivity index (χ0n) is 25.3. The van der Waals surface area contributed by atoms with E-state index in [0.29, 0.717) is 54.6 Å². The van der Waals surface area contributed by atoms with Crippen molar-refractivity contribution in [2.24, 2.45) is 17.2 Å². The number of nitrogens with zero attached hydrogens (tertiary/aromatic N) is 3. The largest absolute Gasteiger partial charge is 0.416 e. The molecule has 0 bridgehead atoms. The quantitative estimate of drug-likeness (QED) is 0.158. The molecular formula is C33H44F3N6O2+. The SMILES string of the molecule is C=CC[N+](CCN)(CCN)CCC[C@H](N)C(=O)N(C)C(Cc1ccc(C(F)(F)F)cc1)C(=O)Cc1cnc2ccccc2c1. The van der Waals surface area contributed by atoms with Crippen molar-refractivity contribution in [2.45, 2.75) is 43.9 Å². The van der Waals surface area contributed by atoms with E-state index in [1.165, 1.54) is 24.1 Å². The van der Waals surface area contributed by atoms with Crippen molar-refractivity contribution in [1.82, 2.24) is 9.88 Å². The van der Waals surface area contributed by atoms with Crippen molar-refractivity contribution in [3.63, 3.8) is 0 Å². The molecule has 3 aromatic rings. The molecule has 3 rings (SSSR count). The van der Waals surface area contributed by atoms with Gasteiger partial charge in [0.15, 0.2) is 5.78 Å². The Balaban J connectivity index is 1.79. The van der Waals surface area contributed by atoms with Gasteiger partial charge in [0, 0.05) is 38.1 Å². The Bertz CT molecular complexity index is 1390. The molecule has 8 nitrogen and oxygen atoms in total. The normalized spacial score (nSPS) is 13.4. The van der Waals surface area contributed by atoms with Gasteiger partial charge in [0.05, 0.1) is 49.3 Å². The topological polar surface area (TPSA) is 128 Å². The second-order valence-corrected chi connectivity index (χ2v) is 11.4. The summed E-state index contributed by atoms with van der Waals surface area (Å²) >= 11 is 0. The maximum atomic E-state index is 13.7. The monoisotopic (exact) mass is 613 g/mol. The predicted molar refractivity (Wildman–Crippen MR) is 167 cm³/mol. The van der Waals surface area contributed by atoms with E-state index >= 15 is 0 Å². The number of benzene rings is 2. The van der Waals surface area contributed by atoms with Gasteiger partial charge in [-0.05, 0) is 60.7 Å². The number of carbonyl (C=O) groups is 2. The minimum atomic E-state index is -4.48. The number of ketones is 1. The fourth-order valence-electron chi connectivity index (χ4n) is 5.67. The first-order valence-electron chi connectivity index (χ1n) is 14.8. The van der Waals surface area contributed by atoms with Crippen molar-refractivity contribution in [3.05, 3.63) is 90.1 Å². The first-order chi connectivity index (χ1) is 20.9. The summed E-state index contributed by atoms with van der Waals surface area (Å²) in [6.45, 7) is 7.70. The zero-order chi connectivity index (χ0) is 32.3. The Kier molecular flexibility index (Phi) is 12.6. The lowest BCUT2D eigenvalue weighted by Gasteiger charge is -2.38. The Labute approximate surface area is 257 Å². The molecule has 1 unspecified atom stereocenters. The smallest absolute Gasteiger partial charge is 0.334 e. The van der Waals surface area contributed by atoms with E-state index in [1.807, 2.05) is 36.4 Å². The summed E-state index contributed by atoms with van der Waals surface area (Å²) < 4.78 is 40.1. The van der Waals surface area contributed by atoms with Crippen LogP contribution >= 0.6 is 0 Å². The van der Waals surface area contributed by atoms with Crippen LogP contribution in [0, 0.1) is 0 Å². The number of likely N-dealkylation sites (N-methyl/N-ethyl adjacent to an activating group) is 1. The van der Waals surface area contributed by atoms with Gasteiger partial charge in [-0.25, -0.2) is 0 Å². The standard InChI is InChI=1S/C33H44F3N6O2/c1-3-16-42(18-14-37,19-15-38)17-6-8-28(39)32(44)41(2)30(21-24-10-12-27(13-11-24)33(34,35)36)31(43)22-25-20-26-7-4-5-9-29(26)40-23-25/h3-5,7,9-13,20,23,28,30H,1,6,8,14-19,21-22,37-39H2,2H3/q+1/t28-,30?/m0/s1. The van der Waals surface area contributed by atoms with E-state index in [4.69, 9.17) is 17.2 Å². The molecule has 1 heterocycles. The summed E-state index contributed by atoms with van der Waals surface area (Å²) in [5.74, 6) is -0.677. The number of pyridine rings is 1.